The van der Waals surface area contributed by atoms with Gasteiger partial charge in [-0.25, -0.2) is 0 Å². The van der Waals surface area contributed by atoms with Gasteiger partial charge in [0.25, 0.3) is 5.91 Å². The third-order valence-corrected chi connectivity index (χ3v) is 1.75. The number of benzene rings is 1. The maximum absolute atomic E-state index is 10.4. The number of hydrogen-bond donors (Lipinski definition) is 3. The van der Waals surface area contributed by atoms with Crippen LogP contribution in [0.3, 0.4) is 0 Å². The number of hydrogen-bond acceptors (Lipinski definition) is 3. The summed E-state index contributed by atoms with van der Waals surface area (Å²) >= 11 is 0. The summed E-state index contributed by atoms with van der Waals surface area (Å²) in [5.74, 6) is 4.20. The predicted molar refractivity (Wildman–Crippen MR) is 56.1 cm³/mol. The van der Waals surface area contributed by atoms with Gasteiger partial charge in [-0.15, -0.1) is 0 Å². The molecule has 6 N–H and O–H groups in total. The summed E-state index contributed by atoms with van der Waals surface area (Å²) in [7, 11) is 0. The van der Waals surface area contributed by atoms with Gasteiger partial charge in [0.15, 0.2) is 0 Å². The van der Waals surface area contributed by atoms with Crippen LogP contribution in [0.15, 0.2) is 12.1 Å². The van der Waals surface area contributed by atoms with Gasteiger partial charge in [0.05, 0.1) is 11.4 Å². The summed E-state index contributed by atoms with van der Waals surface area (Å²) in [6.07, 6.45) is 0. The smallest absolute Gasteiger partial charge is 0.293 e. The van der Waals surface area contributed by atoms with Crippen LogP contribution in [0.1, 0.15) is 11.1 Å². The van der Waals surface area contributed by atoms with Gasteiger partial charge in [-0.05, 0) is 30.5 Å². The molecule has 0 aliphatic carbocycles. The number of carbonyl (C=O) groups excluding carboxylic acids is 1. The molecule has 0 radical (unpaired) electrons. The monoisotopic (exact) mass is 189 g/mol. The Morgan fingerprint density at radius 1 is 1.29 bits per heavy atom. The molecule has 1 amide bonds. The predicted octanol–water partition coefficient (Wildman–Crippen LogP) is -0.00378. The van der Waals surface area contributed by atoms with Crippen molar-refractivity contribution in [1.29, 1.82) is 0 Å². The molecule has 4 heteroatoms. The molecular weight excluding hydrogens is 178 g/mol. The Morgan fingerprint density at radius 3 is 2.43 bits per heavy atom. The molecule has 0 saturated heterocycles. The minimum absolute atomic E-state index is 0.448. The highest BCUT2D eigenvalue weighted by Gasteiger charge is 1.99. The number of amides is 1. The Hall–Kier alpha value is -2.15. The van der Waals surface area contributed by atoms with Crippen molar-refractivity contribution >= 4 is 17.3 Å². The van der Waals surface area contributed by atoms with Crippen molar-refractivity contribution in [3.05, 3.63) is 23.3 Å². The van der Waals surface area contributed by atoms with E-state index in [0.29, 0.717) is 16.9 Å². The number of rotatable bonds is 0. The third kappa shape index (κ3) is 2.17. The van der Waals surface area contributed by atoms with E-state index in [2.05, 4.69) is 11.8 Å². The van der Waals surface area contributed by atoms with Crippen molar-refractivity contribution in [2.24, 2.45) is 5.73 Å². The zero-order chi connectivity index (χ0) is 10.7. The standard InChI is InChI=1S/C10H11N3O/c1-6-4-8(11)9(12)5-7(6)2-3-10(13)14/h4-5H,11-12H2,1H3,(H2,13,14). The van der Waals surface area contributed by atoms with Gasteiger partial charge in [-0.1, -0.05) is 5.92 Å². The first kappa shape index (κ1) is 9.93. The number of anilines is 2. The number of nitrogens with two attached hydrogens (primary N) is 3. The summed E-state index contributed by atoms with van der Waals surface area (Å²) in [5, 5.41) is 0. The van der Waals surface area contributed by atoms with Crippen LogP contribution in [0, 0.1) is 18.8 Å². The van der Waals surface area contributed by atoms with Crippen LogP contribution in [-0.2, 0) is 4.79 Å². The SMILES string of the molecule is Cc1cc(N)c(N)cc1C#CC(N)=O. The Kier molecular flexibility index (Phi) is 2.63. The van der Waals surface area contributed by atoms with Crippen molar-refractivity contribution < 1.29 is 4.79 Å². The average Bonchev–Trinajstić information content (AvgIpc) is 2.09. The number of primary amides is 1. The van der Waals surface area contributed by atoms with E-state index < -0.39 is 5.91 Å². The van der Waals surface area contributed by atoms with Crippen LogP contribution < -0.4 is 17.2 Å². The molecule has 0 heterocycles. The molecule has 1 aromatic carbocycles. The zero-order valence-corrected chi connectivity index (χ0v) is 7.79. The molecule has 14 heavy (non-hydrogen) atoms. The van der Waals surface area contributed by atoms with E-state index in [1.54, 1.807) is 12.1 Å². The lowest BCUT2D eigenvalue weighted by Gasteiger charge is -2.03. The van der Waals surface area contributed by atoms with Crippen LogP contribution in [-0.4, -0.2) is 5.91 Å². The Balaban J connectivity index is 3.18. The van der Waals surface area contributed by atoms with Crippen LogP contribution in [0.2, 0.25) is 0 Å². The molecule has 72 valence electrons. The number of aryl methyl sites for hydroxylation is 1. The van der Waals surface area contributed by atoms with E-state index in [1.807, 2.05) is 6.92 Å². The lowest BCUT2D eigenvalue weighted by Crippen LogP contribution is -2.06. The topological polar surface area (TPSA) is 95.1 Å². The summed E-state index contributed by atoms with van der Waals surface area (Å²) in [6, 6.07) is 3.33. The number of carbonyl (C=O) groups is 1. The fourth-order valence-corrected chi connectivity index (χ4v) is 1.01. The maximum atomic E-state index is 10.4. The van der Waals surface area contributed by atoms with Crippen LogP contribution >= 0.6 is 0 Å². The Labute approximate surface area is 82.1 Å². The molecule has 0 aromatic heterocycles. The summed E-state index contributed by atoms with van der Waals surface area (Å²) in [5.41, 5.74) is 18.5. The first-order chi connectivity index (χ1) is 6.50. The maximum Gasteiger partial charge on any atom is 0.293 e. The molecule has 0 aliphatic heterocycles. The van der Waals surface area contributed by atoms with Gasteiger partial charge in [0, 0.05) is 5.56 Å². The molecule has 0 fully saturated rings. The average molecular weight is 189 g/mol. The lowest BCUT2D eigenvalue weighted by molar-refractivity contribution is -0.112. The van der Waals surface area contributed by atoms with Crippen LogP contribution in [0.4, 0.5) is 11.4 Å². The normalized spacial score (nSPS) is 8.93. The van der Waals surface area contributed by atoms with Gasteiger partial charge in [0.1, 0.15) is 0 Å². The van der Waals surface area contributed by atoms with Gasteiger partial charge in [-0.2, -0.15) is 0 Å². The molecule has 1 rings (SSSR count). The molecule has 0 atom stereocenters. The van der Waals surface area contributed by atoms with E-state index in [0.717, 1.165) is 5.56 Å². The largest absolute Gasteiger partial charge is 0.397 e. The Morgan fingerprint density at radius 2 is 1.86 bits per heavy atom. The van der Waals surface area contributed by atoms with E-state index in [9.17, 15) is 4.79 Å². The van der Waals surface area contributed by atoms with Crippen molar-refractivity contribution in [2.45, 2.75) is 6.92 Å². The molecule has 0 bridgehead atoms. The van der Waals surface area contributed by atoms with E-state index in [4.69, 9.17) is 17.2 Å². The van der Waals surface area contributed by atoms with Crippen molar-refractivity contribution in [3.8, 4) is 11.8 Å². The summed E-state index contributed by atoms with van der Waals surface area (Å²) < 4.78 is 0. The van der Waals surface area contributed by atoms with Gasteiger partial charge in [0.2, 0.25) is 0 Å². The minimum atomic E-state index is -0.667. The van der Waals surface area contributed by atoms with Gasteiger partial charge < -0.3 is 17.2 Å². The van der Waals surface area contributed by atoms with Crippen molar-refractivity contribution in [1.82, 2.24) is 0 Å². The summed E-state index contributed by atoms with van der Waals surface area (Å²) in [4.78, 5) is 10.4. The second-order valence-electron chi connectivity index (χ2n) is 2.91. The Bertz CT molecular complexity index is 441. The second-order valence-corrected chi connectivity index (χ2v) is 2.91. The van der Waals surface area contributed by atoms with Gasteiger partial charge >= 0.3 is 0 Å². The van der Waals surface area contributed by atoms with E-state index in [1.165, 1.54) is 0 Å². The fourth-order valence-electron chi connectivity index (χ4n) is 1.01. The van der Waals surface area contributed by atoms with Crippen LogP contribution in [0.25, 0.3) is 0 Å². The molecule has 0 spiro atoms. The highest BCUT2D eigenvalue weighted by Crippen LogP contribution is 2.19. The molecule has 0 aliphatic rings. The molecule has 4 nitrogen and oxygen atoms in total. The number of nitrogen functional groups attached to an aromatic ring is 2. The molecule has 0 saturated carbocycles. The first-order valence-electron chi connectivity index (χ1n) is 3.97. The second kappa shape index (κ2) is 3.71. The van der Waals surface area contributed by atoms with Crippen LogP contribution in [0.5, 0.6) is 0 Å². The fraction of sp³-hybridized carbons (Fsp3) is 0.100. The molecule has 1 aromatic rings. The summed E-state index contributed by atoms with van der Waals surface area (Å²) in [6.45, 7) is 1.83. The van der Waals surface area contributed by atoms with Crippen molar-refractivity contribution in [3.63, 3.8) is 0 Å². The molecular formula is C10H11N3O. The first-order valence-corrected chi connectivity index (χ1v) is 3.97. The third-order valence-electron chi connectivity index (χ3n) is 1.75. The highest BCUT2D eigenvalue weighted by molar-refractivity contribution is 5.92. The van der Waals surface area contributed by atoms with Gasteiger partial charge in [-0.3, -0.25) is 4.79 Å². The zero-order valence-electron chi connectivity index (χ0n) is 7.79. The quantitative estimate of drug-likeness (QED) is 0.396. The minimum Gasteiger partial charge on any atom is -0.397 e. The van der Waals surface area contributed by atoms with E-state index >= 15 is 0 Å². The molecule has 0 unspecified atom stereocenters. The van der Waals surface area contributed by atoms with Crippen molar-refractivity contribution in [2.75, 3.05) is 11.5 Å². The van der Waals surface area contributed by atoms with E-state index in [-0.39, 0.29) is 0 Å². The lowest BCUT2D eigenvalue weighted by atomic mass is 10.1. The highest BCUT2D eigenvalue weighted by atomic mass is 16.1.